The Hall–Kier alpha value is -1.10. The van der Waals surface area contributed by atoms with E-state index >= 15 is 0 Å². The standard InChI is InChI=1S/C15H19BrFNO2/c1-15(2,3)20-14(19)18-8-12(13(17)9-18)10-4-6-11(16)7-5-10/h4-7,12-13H,8-9H2,1-3H3. The SMILES string of the molecule is CC(C)(C)OC(=O)N1CC(F)C(c2ccc(Br)cc2)C1. The third kappa shape index (κ3) is 3.72. The van der Waals surface area contributed by atoms with E-state index in [1.54, 1.807) is 20.8 Å². The van der Waals surface area contributed by atoms with Crippen LogP contribution in [-0.4, -0.2) is 35.9 Å². The zero-order valence-corrected chi connectivity index (χ0v) is 13.5. The molecule has 2 atom stereocenters. The van der Waals surface area contributed by atoms with E-state index in [-0.39, 0.29) is 12.5 Å². The zero-order chi connectivity index (χ0) is 14.9. The number of halogens is 2. The van der Waals surface area contributed by atoms with Crippen molar-refractivity contribution in [3.8, 4) is 0 Å². The molecule has 2 rings (SSSR count). The Balaban J connectivity index is 2.05. The number of rotatable bonds is 1. The highest BCUT2D eigenvalue weighted by molar-refractivity contribution is 9.10. The summed E-state index contributed by atoms with van der Waals surface area (Å²) >= 11 is 3.36. The van der Waals surface area contributed by atoms with E-state index in [2.05, 4.69) is 15.9 Å². The summed E-state index contributed by atoms with van der Waals surface area (Å²) in [6, 6.07) is 7.55. The van der Waals surface area contributed by atoms with Crippen LogP contribution in [0.4, 0.5) is 9.18 Å². The van der Waals surface area contributed by atoms with Gasteiger partial charge < -0.3 is 9.64 Å². The monoisotopic (exact) mass is 343 g/mol. The molecule has 0 saturated carbocycles. The lowest BCUT2D eigenvalue weighted by molar-refractivity contribution is 0.0283. The molecule has 1 aliphatic rings. The average molecular weight is 344 g/mol. The summed E-state index contributed by atoms with van der Waals surface area (Å²) in [7, 11) is 0. The molecular formula is C15H19BrFNO2. The minimum Gasteiger partial charge on any atom is -0.444 e. The second-order valence-corrected chi connectivity index (χ2v) is 6.98. The van der Waals surface area contributed by atoms with Crippen LogP contribution in [0, 0.1) is 0 Å². The molecule has 0 N–H and O–H groups in total. The fourth-order valence-electron chi connectivity index (χ4n) is 2.26. The number of nitrogens with zero attached hydrogens (tertiary/aromatic N) is 1. The molecule has 2 unspecified atom stereocenters. The number of amides is 1. The van der Waals surface area contributed by atoms with Gasteiger partial charge in [-0.05, 0) is 38.5 Å². The van der Waals surface area contributed by atoms with E-state index in [0.29, 0.717) is 6.54 Å². The van der Waals surface area contributed by atoms with Crippen LogP contribution in [0.5, 0.6) is 0 Å². The molecule has 1 amide bonds. The van der Waals surface area contributed by atoms with Gasteiger partial charge in [0, 0.05) is 16.9 Å². The Labute approximate surface area is 127 Å². The Morgan fingerprint density at radius 3 is 2.45 bits per heavy atom. The first-order valence-electron chi connectivity index (χ1n) is 6.64. The van der Waals surface area contributed by atoms with Crippen molar-refractivity contribution >= 4 is 22.0 Å². The maximum Gasteiger partial charge on any atom is 0.410 e. The molecule has 0 spiro atoms. The van der Waals surface area contributed by atoms with Gasteiger partial charge in [-0.2, -0.15) is 0 Å². The van der Waals surface area contributed by atoms with Gasteiger partial charge in [0.15, 0.2) is 0 Å². The topological polar surface area (TPSA) is 29.5 Å². The quantitative estimate of drug-likeness (QED) is 0.767. The van der Waals surface area contributed by atoms with Crippen LogP contribution in [-0.2, 0) is 4.74 Å². The number of hydrogen-bond acceptors (Lipinski definition) is 2. The average Bonchev–Trinajstić information content (AvgIpc) is 2.70. The second-order valence-electron chi connectivity index (χ2n) is 6.06. The summed E-state index contributed by atoms with van der Waals surface area (Å²) in [4.78, 5) is 13.4. The van der Waals surface area contributed by atoms with Crippen molar-refractivity contribution < 1.29 is 13.9 Å². The van der Waals surface area contributed by atoms with E-state index in [1.165, 1.54) is 4.90 Å². The summed E-state index contributed by atoms with van der Waals surface area (Å²) < 4.78 is 20.4. The van der Waals surface area contributed by atoms with Crippen LogP contribution in [0.1, 0.15) is 32.3 Å². The summed E-state index contributed by atoms with van der Waals surface area (Å²) in [6.45, 7) is 5.87. The van der Waals surface area contributed by atoms with Crippen LogP contribution >= 0.6 is 15.9 Å². The highest BCUT2D eigenvalue weighted by atomic mass is 79.9. The van der Waals surface area contributed by atoms with Crippen LogP contribution < -0.4 is 0 Å². The molecule has 0 aliphatic carbocycles. The Morgan fingerprint density at radius 1 is 1.30 bits per heavy atom. The highest BCUT2D eigenvalue weighted by Gasteiger charge is 2.38. The zero-order valence-electron chi connectivity index (χ0n) is 11.9. The van der Waals surface area contributed by atoms with Crippen LogP contribution in [0.15, 0.2) is 28.7 Å². The van der Waals surface area contributed by atoms with Crippen molar-refractivity contribution in [2.24, 2.45) is 0 Å². The smallest absolute Gasteiger partial charge is 0.410 e. The van der Waals surface area contributed by atoms with E-state index in [0.717, 1.165) is 10.0 Å². The van der Waals surface area contributed by atoms with Crippen LogP contribution in [0.3, 0.4) is 0 Å². The fraction of sp³-hybridized carbons (Fsp3) is 0.533. The van der Waals surface area contributed by atoms with Crippen molar-refractivity contribution in [1.29, 1.82) is 0 Å². The Kier molecular flexibility index (Phi) is 4.37. The molecule has 20 heavy (non-hydrogen) atoms. The number of likely N-dealkylation sites (tertiary alicyclic amines) is 1. The molecule has 0 bridgehead atoms. The van der Waals surface area contributed by atoms with Crippen molar-refractivity contribution in [3.63, 3.8) is 0 Å². The molecule has 0 aromatic heterocycles. The molecule has 5 heteroatoms. The molecule has 1 saturated heterocycles. The van der Waals surface area contributed by atoms with E-state index in [9.17, 15) is 9.18 Å². The fourth-order valence-corrected chi connectivity index (χ4v) is 2.53. The largest absolute Gasteiger partial charge is 0.444 e. The van der Waals surface area contributed by atoms with E-state index in [1.807, 2.05) is 24.3 Å². The van der Waals surface area contributed by atoms with E-state index < -0.39 is 17.9 Å². The number of carbonyl (C=O) groups excluding carboxylic acids is 1. The predicted molar refractivity (Wildman–Crippen MR) is 79.6 cm³/mol. The lowest BCUT2D eigenvalue weighted by atomic mass is 9.97. The molecule has 1 aromatic rings. The molecular weight excluding hydrogens is 325 g/mol. The second kappa shape index (κ2) is 5.72. The van der Waals surface area contributed by atoms with Gasteiger partial charge in [-0.3, -0.25) is 0 Å². The molecule has 1 heterocycles. The van der Waals surface area contributed by atoms with Crippen molar-refractivity contribution in [2.45, 2.75) is 38.5 Å². The van der Waals surface area contributed by atoms with Gasteiger partial charge in [0.25, 0.3) is 0 Å². The minimum absolute atomic E-state index is 0.0929. The Morgan fingerprint density at radius 2 is 1.90 bits per heavy atom. The molecule has 1 aliphatic heterocycles. The van der Waals surface area contributed by atoms with Crippen molar-refractivity contribution in [2.75, 3.05) is 13.1 Å². The summed E-state index contributed by atoms with van der Waals surface area (Å²) in [5.74, 6) is -0.282. The number of carbonyl (C=O) groups is 1. The highest BCUT2D eigenvalue weighted by Crippen LogP contribution is 2.31. The first-order chi connectivity index (χ1) is 9.26. The lowest BCUT2D eigenvalue weighted by Crippen LogP contribution is -2.35. The molecule has 1 aromatic carbocycles. The third-order valence-electron chi connectivity index (χ3n) is 3.20. The normalized spacial score (nSPS) is 22.9. The van der Waals surface area contributed by atoms with Gasteiger partial charge in [-0.15, -0.1) is 0 Å². The van der Waals surface area contributed by atoms with Crippen molar-refractivity contribution in [3.05, 3.63) is 34.3 Å². The molecule has 1 fully saturated rings. The van der Waals surface area contributed by atoms with Gasteiger partial charge in [0.1, 0.15) is 11.8 Å². The van der Waals surface area contributed by atoms with Gasteiger partial charge in [0.05, 0.1) is 6.54 Å². The van der Waals surface area contributed by atoms with Gasteiger partial charge in [-0.1, -0.05) is 28.1 Å². The lowest BCUT2D eigenvalue weighted by Gasteiger charge is -2.24. The van der Waals surface area contributed by atoms with Gasteiger partial charge >= 0.3 is 6.09 Å². The maximum atomic E-state index is 14.2. The van der Waals surface area contributed by atoms with Gasteiger partial charge in [-0.25, -0.2) is 9.18 Å². The minimum atomic E-state index is -1.05. The molecule has 110 valence electrons. The summed E-state index contributed by atoms with van der Waals surface area (Å²) in [5.41, 5.74) is 0.352. The number of alkyl halides is 1. The first-order valence-corrected chi connectivity index (χ1v) is 7.43. The number of ether oxygens (including phenoxy) is 1. The van der Waals surface area contributed by atoms with Crippen LogP contribution in [0.25, 0.3) is 0 Å². The van der Waals surface area contributed by atoms with Crippen molar-refractivity contribution in [1.82, 2.24) is 4.90 Å². The first kappa shape index (κ1) is 15.3. The maximum absolute atomic E-state index is 14.2. The number of hydrogen-bond donors (Lipinski definition) is 0. The summed E-state index contributed by atoms with van der Waals surface area (Å²) in [5, 5.41) is 0. The number of benzene rings is 1. The summed E-state index contributed by atoms with van der Waals surface area (Å²) in [6.07, 6.45) is -1.50. The molecule has 0 radical (unpaired) electrons. The third-order valence-corrected chi connectivity index (χ3v) is 3.73. The predicted octanol–water partition coefficient (Wildman–Crippen LogP) is 4.12. The van der Waals surface area contributed by atoms with Crippen LogP contribution in [0.2, 0.25) is 0 Å². The van der Waals surface area contributed by atoms with Gasteiger partial charge in [0.2, 0.25) is 0 Å². The molecule has 3 nitrogen and oxygen atoms in total. The Bertz CT molecular complexity index is 484. The van der Waals surface area contributed by atoms with E-state index in [4.69, 9.17) is 4.74 Å².